The highest BCUT2D eigenvalue weighted by Crippen LogP contribution is 2.08. The lowest BCUT2D eigenvalue weighted by Gasteiger charge is -2.03. The van der Waals surface area contributed by atoms with E-state index in [4.69, 9.17) is 5.11 Å². The van der Waals surface area contributed by atoms with E-state index in [2.05, 4.69) is 0 Å². The quantitative estimate of drug-likeness (QED) is 0.559. The Labute approximate surface area is 138 Å². The number of rotatable bonds is 5. The fourth-order valence-corrected chi connectivity index (χ4v) is 2.06. The van der Waals surface area contributed by atoms with Gasteiger partial charge >= 0.3 is 5.97 Å². The first-order valence-corrected chi connectivity index (χ1v) is 6.55. The summed E-state index contributed by atoms with van der Waals surface area (Å²) < 4.78 is 14.3. The topological polar surface area (TPSA) is 58.2 Å². The summed E-state index contributed by atoms with van der Waals surface area (Å²) in [4.78, 5) is 23.3. The van der Waals surface area contributed by atoms with Gasteiger partial charge in [0.2, 0.25) is 12.3 Å². The Hall–Kier alpha value is -2.08. The van der Waals surface area contributed by atoms with E-state index in [9.17, 15) is 14.0 Å². The maximum Gasteiger partial charge on any atom is 0.342 e. The minimum absolute atomic E-state index is 0. The highest BCUT2D eigenvalue weighted by molar-refractivity contribution is 5.95. The number of carboxylic acid groups (broad SMARTS) is 1. The third kappa shape index (κ3) is 4.21. The van der Waals surface area contributed by atoms with Gasteiger partial charge in [-0.3, -0.25) is 4.79 Å². The first-order chi connectivity index (χ1) is 10.0. The number of hydrogen-bond acceptors (Lipinski definition) is 2. The Kier molecular flexibility index (Phi) is 6.37. The van der Waals surface area contributed by atoms with Gasteiger partial charge in [-0.15, -0.1) is 0 Å². The number of carbonyl (C=O) groups is 2. The molecule has 22 heavy (non-hydrogen) atoms. The minimum Gasteiger partial charge on any atom is -1.00 e. The number of pyridine rings is 1. The van der Waals surface area contributed by atoms with Crippen molar-refractivity contribution in [3.8, 4) is 0 Å². The normalized spacial score (nSPS) is 9.91. The van der Waals surface area contributed by atoms with Crippen LogP contribution in [-0.4, -0.2) is 16.9 Å². The Morgan fingerprint density at radius 2 is 1.82 bits per heavy atom. The molecule has 4 nitrogen and oxygen atoms in total. The number of ketones is 1. The Morgan fingerprint density at radius 1 is 1.18 bits per heavy atom. The van der Waals surface area contributed by atoms with Crippen LogP contribution in [0.25, 0.3) is 0 Å². The van der Waals surface area contributed by atoms with Crippen LogP contribution in [0.3, 0.4) is 0 Å². The summed E-state index contributed by atoms with van der Waals surface area (Å²) in [5.74, 6) is -1.63. The third-order valence-corrected chi connectivity index (χ3v) is 3.21. The van der Waals surface area contributed by atoms with Gasteiger partial charge in [0.1, 0.15) is 11.4 Å². The van der Waals surface area contributed by atoms with Gasteiger partial charge in [0, 0.05) is 11.6 Å². The van der Waals surface area contributed by atoms with Crippen molar-refractivity contribution in [2.75, 3.05) is 0 Å². The molecule has 1 aromatic carbocycles. The van der Waals surface area contributed by atoms with Gasteiger partial charge < -0.3 is 22.1 Å². The number of benzene rings is 1. The molecule has 2 rings (SSSR count). The number of aromatic carboxylic acids is 1. The first-order valence-electron chi connectivity index (χ1n) is 6.55. The molecular weight excluding hydrogens is 353 g/mol. The zero-order valence-corrected chi connectivity index (χ0v) is 13.5. The minimum atomic E-state index is -1.02. The van der Waals surface area contributed by atoms with Gasteiger partial charge in [-0.05, 0) is 36.2 Å². The van der Waals surface area contributed by atoms with Crippen LogP contribution < -0.4 is 21.5 Å². The highest BCUT2D eigenvalue weighted by atomic mass is 79.9. The van der Waals surface area contributed by atoms with Gasteiger partial charge in [0.05, 0.1) is 0 Å². The van der Waals surface area contributed by atoms with E-state index in [1.807, 2.05) is 6.92 Å². The molecule has 0 aliphatic heterocycles. The van der Waals surface area contributed by atoms with Crippen LogP contribution >= 0.6 is 0 Å². The molecule has 0 saturated carbocycles. The van der Waals surface area contributed by atoms with Crippen molar-refractivity contribution in [2.45, 2.75) is 19.9 Å². The Balaban J connectivity index is 0.00000242. The molecule has 0 bridgehead atoms. The van der Waals surface area contributed by atoms with E-state index < -0.39 is 11.8 Å². The Morgan fingerprint density at radius 3 is 2.36 bits per heavy atom. The van der Waals surface area contributed by atoms with E-state index in [1.54, 1.807) is 12.3 Å². The third-order valence-electron chi connectivity index (χ3n) is 3.21. The van der Waals surface area contributed by atoms with E-state index >= 15 is 0 Å². The molecular formula is C16H15BrFNO3. The standard InChI is InChI=1S/C16H14FNO3.BrH/c1-2-11-7-8-18(9-14(11)16(20)21)10-15(19)12-3-5-13(17)6-4-12;/h3-9H,2,10H2,1H3;1H. The molecule has 0 aliphatic carbocycles. The molecule has 0 atom stereocenters. The summed E-state index contributed by atoms with van der Waals surface area (Å²) in [6.07, 6.45) is 3.73. The zero-order chi connectivity index (χ0) is 15.4. The van der Waals surface area contributed by atoms with Crippen molar-refractivity contribution in [1.29, 1.82) is 0 Å². The van der Waals surface area contributed by atoms with Gasteiger partial charge in [0.25, 0.3) is 0 Å². The Bertz CT molecular complexity index is 686. The number of nitrogens with zero attached hydrogens (tertiary/aromatic N) is 1. The number of hydrogen-bond donors (Lipinski definition) is 1. The van der Waals surface area contributed by atoms with E-state index in [0.29, 0.717) is 17.5 Å². The van der Waals surface area contributed by atoms with Gasteiger partial charge in [-0.25, -0.2) is 9.18 Å². The maximum absolute atomic E-state index is 12.8. The maximum atomic E-state index is 12.8. The zero-order valence-electron chi connectivity index (χ0n) is 11.9. The highest BCUT2D eigenvalue weighted by Gasteiger charge is 2.17. The lowest BCUT2D eigenvalue weighted by molar-refractivity contribution is -0.683. The molecule has 116 valence electrons. The van der Waals surface area contributed by atoms with Crippen molar-refractivity contribution in [3.63, 3.8) is 0 Å². The summed E-state index contributed by atoms with van der Waals surface area (Å²) >= 11 is 0. The molecule has 0 spiro atoms. The lowest BCUT2D eigenvalue weighted by atomic mass is 10.1. The van der Waals surface area contributed by atoms with E-state index in [1.165, 1.54) is 35.0 Å². The molecule has 1 aromatic heterocycles. The van der Waals surface area contributed by atoms with Gasteiger partial charge in [-0.2, -0.15) is 4.57 Å². The second-order valence-electron chi connectivity index (χ2n) is 4.64. The van der Waals surface area contributed by atoms with Crippen LogP contribution in [0.1, 0.15) is 33.2 Å². The summed E-state index contributed by atoms with van der Waals surface area (Å²) in [6.45, 7) is 1.88. The molecule has 0 saturated heterocycles. The van der Waals surface area contributed by atoms with Crippen molar-refractivity contribution < 1.29 is 40.6 Å². The summed E-state index contributed by atoms with van der Waals surface area (Å²) in [6, 6.07) is 6.97. The number of halogens is 2. The number of carboxylic acids is 1. The summed E-state index contributed by atoms with van der Waals surface area (Å²) in [5, 5.41) is 9.16. The molecule has 0 radical (unpaired) electrons. The van der Waals surface area contributed by atoms with Gasteiger partial charge in [0.15, 0.2) is 12.4 Å². The van der Waals surface area contributed by atoms with Gasteiger partial charge in [-0.1, -0.05) is 6.92 Å². The van der Waals surface area contributed by atoms with Crippen LogP contribution in [0.2, 0.25) is 0 Å². The molecule has 0 unspecified atom stereocenters. The number of Topliss-reactive ketones (excluding diaryl/α,β-unsaturated/α-hetero) is 1. The fourth-order valence-electron chi connectivity index (χ4n) is 2.06. The molecule has 0 amide bonds. The second-order valence-corrected chi connectivity index (χ2v) is 4.64. The number of aromatic nitrogens is 1. The molecule has 2 aromatic rings. The smallest absolute Gasteiger partial charge is 0.342 e. The fraction of sp³-hybridized carbons (Fsp3) is 0.188. The second kappa shape index (κ2) is 7.79. The molecule has 0 aliphatic rings. The average molecular weight is 368 g/mol. The number of carbonyl (C=O) groups excluding carboxylic acids is 1. The molecule has 0 fully saturated rings. The molecule has 1 N–H and O–H groups in total. The summed E-state index contributed by atoms with van der Waals surface area (Å²) in [5.41, 5.74) is 1.29. The first kappa shape index (κ1) is 18.0. The largest absolute Gasteiger partial charge is 1.00 e. The molecule has 1 heterocycles. The van der Waals surface area contributed by atoms with Crippen LogP contribution in [0.15, 0.2) is 42.7 Å². The van der Waals surface area contributed by atoms with Crippen LogP contribution in [0.5, 0.6) is 0 Å². The predicted molar refractivity (Wildman–Crippen MR) is 73.7 cm³/mol. The summed E-state index contributed by atoms with van der Waals surface area (Å²) in [7, 11) is 0. The predicted octanol–water partition coefficient (Wildman–Crippen LogP) is -0.739. The van der Waals surface area contributed by atoms with Crippen molar-refractivity contribution in [2.24, 2.45) is 0 Å². The van der Waals surface area contributed by atoms with Crippen LogP contribution in [0.4, 0.5) is 4.39 Å². The molecule has 6 heteroatoms. The van der Waals surface area contributed by atoms with Crippen molar-refractivity contribution in [1.82, 2.24) is 0 Å². The van der Waals surface area contributed by atoms with E-state index in [-0.39, 0.29) is 34.9 Å². The average Bonchev–Trinajstić information content (AvgIpc) is 2.47. The monoisotopic (exact) mass is 367 g/mol. The van der Waals surface area contributed by atoms with Crippen LogP contribution in [-0.2, 0) is 13.0 Å². The van der Waals surface area contributed by atoms with E-state index in [0.717, 1.165) is 0 Å². The van der Waals surface area contributed by atoms with Crippen molar-refractivity contribution in [3.05, 3.63) is 65.2 Å². The number of aryl methyl sites for hydroxylation is 1. The van der Waals surface area contributed by atoms with Crippen molar-refractivity contribution >= 4 is 11.8 Å². The lowest BCUT2D eigenvalue weighted by Crippen LogP contribution is -3.00. The van der Waals surface area contributed by atoms with Crippen LogP contribution in [0, 0.1) is 5.82 Å². The SMILES string of the molecule is CCc1cc[n+](CC(=O)c2ccc(F)cc2)cc1C(=O)O.[Br-].